The molecule has 1 aromatic rings. The standard InChI is InChI=1S/C14H9NO3/c16-14(10-5-11-3-1-2-4-11)12-6-8-13(9-7-12)15(17)18/h1-3,6-9H,4H2. The fourth-order valence-electron chi connectivity index (χ4n) is 1.48. The average molecular weight is 239 g/mol. The van der Waals surface area contributed by atoms with E-state index in [-0.39, 0.29) is 11.5 Å². The SMILES string of the molecule is O=C(C#CC1=CC=CC1)c1ccc([N+](=O)[O-])cc1. The fraction of sp³-hybridized carbons (Fsp3) is 0.0714. The van der Waals surface area contributed by atoms with E-state index in [0.29, 0.717) is 5.56 Å². The Hall–Kier alpha value is -2.67. The van der Waals surface area contributed by atoms with E-state index in [0.717, 1.165) is 12.0 Å². The molecule has 4 nitrogen and oxygen atoms in total. The van der Waals surface area contributed by atoms with E-state index in [1.165, 1.54) is 24.3 Å². The minimum Gasteiger partial charge on any atom is -0.279 e. The Morgan fingerprint density at radius 3 is 2.56 bits per heavy atom. The van der Waals surface area contributed by atoms with Crippen LogP contribution in [0.15, 0.2) is 48.1 Å². The largest absolute Gasteiger partial charge is 0.279 e. The third-order valence-electron chi connectivity index (χ3n) is 2.45. The number of Topliss-reactive ketones (excluding diaryl/α,β-unsaturated/α-hetero) is 1. The first-order chi connectivity index (χ1) is 8.66. The van der Waals surface area contributed by atoms with Gasteiger partial charge in [-0.3, -0.25) is 14.9 Å². The van der Waals surface area contributed by atoms with Gasteiger partial charge in [-0.15, -0.1) is 0 Å². The molecule has 2 rings (SSSR count). The van der Waals surface area contributed by atoms with Crippen LogP contribution >= 0.6 is 0 Å². The quantitative estimate of drug-likeness (QED) is 0.262. The lowest BCUT2D eigenvalue weighted by atomic mass is 10.1. The fourth-order valence-corrected chi connectivity index (χ4v) is 1.48. The molecule has 0 amide bonds. The van der Waals surface area contributed by atoms with Gasteiger partial charge in [0.15, 0.2) is 0 Å². The van der Waals surface area contributed by atoms with E-state index in [4.69, 9.17) is 0 Å². The molecule has 88 valence electrons. The van der Waals surface area contributed by atoms with E-state index < -0.39 is 4.92 Å². The molecule has 0 bridgehead atoms. The number of allylic oxidation sites excluding steroid dienone is 4. The molecule has 0 atom stereocenters. The van der Waals surface area contributed by atoms with Crippen LogP contribution in [0.4, 0.5) is 5.69 Å². The zero-order valence-electron chi connectivity index (χ0n) is 9.42. The number of hydrogen-bond acceptors (Lipinski definition) is 3. The van der Waals surface area contributed by atoms with Gasteiger partial charge in [0, 0.05) is 23.3 Å². The second kappa shape index (κ2) is 5.11. The maximum Gasteiger partial charge on any atom is 0.269 e. The molecule has 1 aliphatic rings. The monoisotopic (exact) mass is 239 g/mol. The Balaban J connectivity index is 2.11. The van der Waals surface area contributed by atoms with Crippen molar-refractivity contribution in [2.45, 2.75) is 6.42 Å². The van der Waals surface area contributed by atoms with E-state index >= 15 is 0 Å². The smallest absolute Gasteiger partial charge is 0.269 e. The molecule has 1 aromatic carbocycles. The van der Waals surface area contributed by atoms with Crippen molar-refractivity contribution in [2.24, 2.45) is 0 Å². The summed E-state index contributed by atoms with van der Waals surface area (Å²) in [5.74, 6) is 4.97. The summed E-state index contributed by atoms with van der Waals surface area (Å²) in [7, 11) is 0. The maximum absolute atomic E-state index is 11.7. The van der Waals surface area contributed by atoms with Gasteiger partial charge in [-0.1, -0.05) is 24.1 Å². The summed E-state index contributed by atoms with van der Waals surface area (Å²) in [5, 5.41) is 10.5. The second-order valence-electron chi connectivity index (χ2n) is 3.71. The number of non-ortho nitro benzene ring substituents is 1. The van der Waals surface area contributed by atoms with Crippen LogP contribution in [0.25, 0.3) is 0 Å². The molecule has 1 aliphatic carbocycles. The third-order valence-corrected chi connectivity index (χ3v) is 2.45. The predicted molar refractivity (Wildman–Crippen MR) is 67.0 cm³/mol. The highest BCUT2D eigenvalue weighted by Crippen LogP contribution is 2.12. The van der Waals surface area contributed by atoms with Crippen molar-refractivity contribution in [3.63, 3.8) is 0 Å². The Morgan fingerprint density at radius 2 is 2.00 bits per heavy atom. The third kappa shape index (κ3) is 2.71. The number of hydrogen-bond donors (Lipinski definition) is 0. The number of ketones is 1. The minimum absolute atomic E-state index is 0.0396. The van der Waals surface area contributed by atoms with Crippen molar-refractivity contribution < 1.29 is 9.72 Å². The Labute approximate surface area is 104 Å². The van der Waals surface area contributed by atoms with Crippen molar-refractivity contribution in [3.05, 3.63) is 63.7 Å². The summed E-state index contributed by atoms with van der Waals surface area (Å²) in [6.07, 6.45) is 6.46. The van der Waals surface area contributed by atoms with E-state index in [9.17, 15) is 14.9 Å². The lowest BCUT2D eigenvalue weighted by Crippen LogP contribution is -1.96. The van der Waals surface area contributed by atoms with Crippen LogP contribution in [-0.4, -0.2) is 10.7 Å². The van der Waals surface area contributed by atoms with Crippen LogP contribution in [0, 0.1) is 22.0 Å². The van der Waals surface area contributed by atoms with Gasteiger partial charge in [0.25, 0.3) is 5.69 Å². The molecule has 0 radical (unpaired) electrons. The van der Waals surface area contributed by atoms with E-state index in [1.54, 1.807) is 0 Å². The second-order valence-corrected chi connectivity index (χ2v) is 3.71. The molecule has 0 saturated carbocycles. The number of carbonyl (C=O) groups excluding carboxylic acids is 1. The van der Waals surface area contributed by atoms with Crippen molar-refractivity contribution in [1.29, 1.82) is 0 Å². The number of rotatable bonds is 2. The van der Waals surface area contributed by atoms with Gasteiger partial charge in [0.2, 0.25) is 5.78 Å². The van der Waals surface area contributed by atoms with Gasteiger partial charge in [0.1, 0.15) is 0 Å². The zero-order chi connectivity index (χ0) is 13.0. The Morgan fingerprint density at radius 1 is 1.28 bits per heavy atom. The first kappa shape index (κ1) is 11.8. The van der Waals surface area contributed by atoms with Crippen LogP contribution < -0.4 is 0 Å². The number of benzene rings is 1. The van der Waals surface area contributed by atoms with Crippen molar-refractivity contribution in [3.8, 4) is 11.8 Å². The number of carbonyl (C=O) groups is 1. The van der Waals surface area contributed by atoms with Gasteiger partial charge in [0.05, 0.1) is 4.92 Å². The number of nitro benzene ring substituents is 1. The molecule has 0 saturated heterocycles. The molecule has 0 N–H and O–H groups in total. The maximum atomic E-state index is 11.7. The van der Waals surface area contributed by atoms with Crippen molar-refractivity contribution >= 4 is 11.5 Å². The molecule has 4 heteroatoms. The lowest BCUT2D eigenvalue weighted by molar-refractivity contribution is -0.384. The number of nitro groups is 1. The molecule has 0 aliphatic heterocycles. The van der Waals surface area contributed by atoms with Crippen molar-refractivity contribution in [2.75, 3.05) is 0 Å². The summed E-state index contributed by atoms with van der Waals surface area (Å²) in [6, 6.07) is 5.42. The lowest BCUT2D eigenvalue weighted by Gasteiger charge is -1.93. The van der Waals surface area contributed by atoms with Crippen LogP contribution in [0.2, 0.25) is 0 Å². The highest BCUT2D eigenvalue weighted by atomic mass is 16.6. The Kier molecular flexibility index (Phi) is 3.35. The predicted octanol–water partition coefficient (Wildman–Crippen LogP) is 2.67. The summed E-state index contributed by atoms with van der Waals surface area (Å²) >= 11 is 0. The molecule has 18 heavy (non-hydrogen) atoms. The number of nitrogens with zero attached hydrogens (tertiary/aromatic N) is 1. The normalized spacial score (nSPS) is 12.6. The summed E-state index contributed by atoms with van der Waals surface area (Å²) in [6.45, 7) is 0. The van der Waals surface area contributed by atoms with Gasteiger partial charge in [-0.25, -0.2) is 0 Å². The molecular weight excluding hydrogens is 230 g/mol. The average Bonchev–Trinajstić information content (AvgIpc) is 2.89. The van der Waals surface area contributed by atoms with Crippen molar-refractivity contribution in [1.82, 2.24) is 0 Å². The first-order valence-electron chi connectivity index (χ1n) is 5.33. The van der Waals surface area contributed by atoms with Crippen LogP contribution in [0.5, 0.6) is 0 Å². The minimum atomic E-state index is -0.505. The molecule has 0 heterocycles. The van der Waals surface area contributed by atoms with Gasteiger partial charge in [-0.2, -0.15) is 0 Å². The van der Waals surface area contributed by atoms with Gasteiger partial charge < -0.3 is 0 Å². The van der Waals surface area contributed by atoms with Gasteiger partial charge >= 0.3 is 0 Å². The Bertz CT molecular complexity index is 613. The van der Waals surface area contributed by atoms with Crippen LogP contribution in [0.1, 0.15) is 16.8 Å². The van der Waals surface area contributed by atoms with E-state index in [2.05, 4.69) is 11.8 Å². The highest BCUT2D eigenvalue weighted by Gasteiger charge is 2.07. The summed E-state index contributed by atoms with van der Waals surface area (Å²) in [4.78, 5) is 21.6. The molecule has 0 spiro atoms. The first-order valence-corrected chi connectivity index (χ1v) is 5.33. The molecular formula is C14H9NO3. The summed E-state index contributed by atoms with van der Waals surface area (Å²) in [5.41, 5.74) is 1.21. The van der Waals surface area contributed by atoms with Crippen LogP contribution in [-0.2, 0) is 0 Å². The topological polar surface area (TPSA) is 60.2 Å². The summed E-state index contributed by atoms with van der Waals surface area (Å²) < 4.78 is 0. The molecule has 0 aromatic heterocycles. The van der Waals surface area contributed by atoms with Crippen LogP contribution in [0.3, 0.4) is 0 Å². The van der Waals surface area contributed by atoms with E-state index in [1.807, 2.05) is 18.2 Å². The molecule has 0 unspecified atom stereocenters. The highest BCUT2D eigenvalue weighted by molar-refractivity contribution is 6.09. The molecule has 0 fully saturated rings. The van der Waals surface area contributed by atoms with Gasteiger partial charge in [-0.05, 0) is 24.5 Å². The zero-order valence-corrected chi connectivity index (χ0v) is 9.42.